The van der Waals surface area contributed by atoms with Gasteiger partial charge in [-0.05, 0) is 56.3 Å². The van der Waals surface area contributed by atoms with Gasteiger partial charge < -0.3 is 9.47 Å². The number of alkyl halides is 3. The van der Waals surface area contributed by atoms with E-state index >= 15 is 0 Å². The van der Waals surface area contributed by atoms with E-state index in [0.717, 1.165) is 44.5 Å². The van der Waals surface area contributed by atoms with Crippen LogP contribution in [0.4, 0.5) is 13.2 Å². The molecule has 4 rings (SSSR count). The predicted octanol–water partition coefficient (Wildman–Crippen LogP) is 3.34. The highest BCUT2D eigenvalue weighted by Crippen LogP contribution is 2.59. The Labute approximate surface area is 178 Å². The Morgan fingerprint density at radius 2 is 1.80 bits per heavy atom. The average molecular weight is 444 g/mol. The summed E-state index contributed by atoms with van der Waals surface area (Å²) in [7, 11) is 0. The molecular weight excluding hydrogens is 419 g/mol. The Morgan fingerprint density at radius 1 is 1.13 bits per heavy atom. The molecule has 1 aliphatic carbocycles. The van der Waals surface area contributed by atoms with E-state index in [4.69, 9.17) is 0 Å². The van der Waals surface area contributed by atoms with Gasteiger partial charge in [-0.2, -0.15) is 13.2 Å². The fourth-order valence-electron chi connectivity index (χ4n) is 4.60. The highest BCUT2D eigenvalue weighted by molar-refractivity contribution is 5.85. The van der Waals surface area contributed by atoms with Crippen molar-refractivity contribution in [3.05, 3.63) is 68.0 Å². The summed E-state index contributed by atoms with van der Waals surface area (Å²) in [5.74, 6) is 0.517. The van der Waals surface area contributed by atoms with Crippen LogP contribution in [-0.2, 0) is 18.1 Å². The number of unbranched alkanes of at least 4 members (excludes halogenated alkanes) is 1. The number of piperidine rings is 1. The Balaban J connectivity index is 0.00000256. The van der Waals surface area contributed by atoms with Gasteiger partial charge in [-0.25, -0.2) is 4.79 Å². The molecule has 2 heterocycles. The minimum absolute atomic E-state index is 0. The quantitative estimate of drug-likeness (QED) is 0.697. The zero-order valence-corrected chi connectivity index (χ0v) is 17.5. The fourth-order valence-corrected chi connectivity index (χ4v) is 4.60. The predicted molar refractivity (Wildman–Crippen MR) is 110 cm³/mol. The number of aromatic nitrogens is 2. The molecule has 30 heavy (non-hydrogen) atoms. The summed E-state index contributed by atoms with van der Waals surface area (Å²) in [4.78, 5) is 27.9. The average Bonchev–Trinajstić information content (AvgIpc) is 3.24. The summed E-state index contributed by atoms with van der Waals surface area (Å²) >= 11 is 0. The first kappa shape index (κ1) is 22.6. The standard InChI is InChI=1S/C21H24F3N3O2.ClH/c1-14-11-27(19(29)25-18(14)28)9-3-2-8-26-12-17-10-20(17,13-26)15-4-6-16(7-5-15)21(22,23)24;/h4-7,11,17H,2-3,8-10,12-13H2,1H3,(H,25,28,29);1H/t17-,20+;/m0./s1. The molecule has 2 aliphatic rings. The molecule has 1 saturated heterocycles. The minimum Gasteiger partial charge on any atom is -0.302 e. The van der Waals surface area contributed by atoms with Gasteiger partial charge in [0.2, 0.25) is 0 Å². The second kappa shape index (κ2) is 8.23. The van der Waals surface area contributed by atoms with Crippen LogP contribution in [0.2, 0.25) is 0 Å². The second-order valence-electron chi connectivity index (χ2n) is 8.34. The molecule has 2 fully saturated rings. The molecule has 2 atom stereocenters. The fraction of sp³-hybridized carbons (Fsp3) is 0.524. The first-order valence-corrected chi connectivity index (χ1v) is 9.89. The lowest BCUT2D eigenvalue weighted by atomic mass is 9.94. The van der Waals surface area contributed by atoms with Gasteiger partial charge in [0.05, 0.1) is 5.56 Å². The topological polar surface area (TPSA) is 58.1 Å². The van der Waals surface area contributed by atoms with Crippen LogP contribution in [0.15, 0.2) is 40.1 Å². The number of nitrogens with one attached hydrogen (secondary N) is 1. The van der Waals surface area contributed by atoms with E-state index in [1.165, 1.54) is 16.7 Å². The summed E-state index contributed by atoms with van der Waals surface area (Å²) in [5, 5.41) is 0. The van der Waals surface area contributed by atoms with E-state index in [1.807, 2.05) is 0 Å². The number of likely N-dealkylation sites (tertiary alicyclic amines) is 1. The Kier molecular flexibility index (Phi) is 6.20. The first-order valence-electron chi connectivity index (χ1n) is 9.89. The van der Waals surface area contributed by atoms with Crippen LogP contribution in [0.1, 0.15) is 36.0 Å². The molecule has 1 aromatic heterocycles. The molecule has 0 radical (unpaired) electrons. The molecular formula is C21H25ClF3N3O2. The molecule has 2 aromatic rings. The lowest BCUT2D eigenvalue weighted by Gasteiger charge is -2.21. The van der Waals surface area contributed by atoms with Gasteiger partial charge in [0.1, 0.15) is 0 Å². The van der Waals surface area contributed by atoms with E-state index in [9.17, 15) is 22.8 Å². The smallest absolute Gasteiger partial charge is 0.302 e. The Hall–Kier alpha value is -2.06. The summed E-state index contributed by atoms with van der Waals surface area (Å²) in [6.07, 6.45) is 0.0696. The van der Waals surface area contributed by atoms with Gasteiger partial charge in [-0.15, -0.1) is 12.4 Å². The summed E-state index contributed by atoms with van der Waals surface area (Å²) < 4.78 is 39.9. The highest BCUT2D eigenvalue weighted by Gasteiger charge is 2.60. The third-order valence-electron chi connectivity index (χ3n) is 6.32. The van der Waals surface area contributed by atoms with Crippen LogP contribution in [0.25, 0.3) is 0 Å². The highest BCUT2D eigenvalue weighted by atomic mass is 35.5. The van der Waals surface area contributed by atoms with E-state index in [2.05, 4.69) is 9.88 Å². The third-order valence-corrected chi connectivity index (χ3v) is 6.32. The molecule has 1 saturated carbocycles. The lowest BCUT2D eigenvalue weighted by Crippen LogP contribution is -2.31. The number of halogens is 4. The summed E-state index contributed by atoms with van der Waals surface area (Å²) in [6, 6.07) is 5.65. The molecule has 0 spiro atoms. The van der Waals surface area contributed by atoms with Gasteiger partial charge in [0.15, 0.2) is 0 Å². The van der Waals surface area contributed by atoms with Crippen molar-refractivity contribution in [3.8, 4) is 0 Å². The number of hydrogen-bond acceptors (Lipinski definition) is 3. The van der Waals surface area contributed by atoms with Gasteiger partial charge in [0, 0.05) is 36.8 Å². The van der Waals surface area contributed by atoms with Crippen molar-refractivity contribution in [2.24, 2.45) is 5.92 Å². The molecule has 1 aromatic carbocycles. The first-order chi connectivity index (χ1) is 13.7. The number of rotatable bonds is 6. The van der Waals surface area contributed by atoms with E-state index in [-0.39, 0.29) is 29.1 Å². The Bertz CT molecular complexity index is 1020. The van der Waals surface area contributed by atoms with E-state index in [1.54, 1.807) is 25.3 Å². The largest absolute Gasteiger partial charge is 0.416 e. The zero-order valence-electron chi connectivity index (χ0n) is 16.7. The molecule has 1 N–H and O–H groups in total. The minimum atomic E-state index is -4.30. The van der Waals surface area contributed by atoms with Crippen molar-refractivity contribution in [2.75, 3.05) is 19.6 Å². The number of H-pyrrole nitrogens is 1. The number of aromatic amines is 1. The number of aryl methyl sites for hydroxylation is 2. The van der Waals surface area contributed by atoms with Crippen molar-refractivity contribution >= 4 is 12.4 Å². The van der Waals surface area contributed by atoms with Crippen molar-refractivity contribution in [2.45, 2.75) is 44.3 Å². The number of fused-ring (bicyclic) bond motifs is 1. The number of benzene rings is 1. The van der Waals surface area contributed by atoms with Crippen LogP contribution in [0.5, 0.6) is 0 Å². The maximum absolute atomic E-state index is 12.8. The van der Waals surface area contributed by atoms with Crippen LogP contribution < -0.4 is 11.2 Å². The van der Waals surface area contributed by atoms with Crippen LogP contribution >= 0.6 is 12.4 Å². The normalized spacial score (nSPS) is 23.1. The van der Waals surface area contributed by atoms with Gasteiger partial charge >= 0.3 is 11.9 Å². The lowest BCUT2D eigenvalue weighted by molar-refractivity contribution is -0.137. The molecule has 0 bridgehead atoms. The van der Waals surface area contributed by atoms with Gasteiger partial charge in [0.25, 0.3) is 5.56 Å². The maximum Gasteiger partial charge on any atom is 0.416 e. The van der Waals surface area contributed by atoms with Crippen LogP contribution in [0.3, 0.4) is 0 Å². The molecule has 0 amide bonds. The Morgan fingerprint density at radius 3 is 2.47 bits per heavy atom. The SMILES string of the molecule is Cc1cn(CCCCN2C[C@@H]3C[C@]3(c3ccc(C(F)(F)F)cc3)C2)c(=O)[nH]c1=O.Cl. The molecule has 5 nitrogen and oxygen atoms in total. The van der Waals surface area contributed by atoms with E-state index in [0.29, 0.717) is 18.0 Å². The maximum atomic E-state index is 12.8. The third kappa shape index (κ3) is 4.34. The molecule has 9 heteroatoms. The number of hydrogen-bond donors (Lipinski definition) is 1. The van der Waals surface area contributed by atoms with E-state index < -0.39 is 11.7 Å². The second-order valence-corrected chi connectivity index (χ2v) is 8.34. The zero-order chi connectivity index (χ0) is 20.8. The van der Waals surface area contributed by atoms with Crippen molar-refractivity contribution in [1.82, 2.24) is 14.5 Å². The molecule has 164 valence electrons. The monoisotopic (exact) mass is 443 g/mol. The van der Waals surface area contributed by atoms with Crippen molar-refractivity contribution in [1.29, 1.82) is 0 Å². The number of nitrogens with zero attached hydrogens (tertiary/aromatic N) is 2. The molecule has 0 unspecified atom stereocenters. The summed E-state index contributed by atoms with van der Waals surface area (Å²) in [5.41, 5.74) is 0.200. The molecule has 1 aliphatic heterocycles. The van der Waals surface area contributed by atoms with Crippen molar-refractivity contribution < 1.29 is 13.2 Å². The van der Waals surface area contributed by atoms with Crippen LogP contribution in [0, 0.1) is 12.8 Å². The van der Waals surface area contributed by atoms with Crippen LogP contribution in [-0.4, -0.2) is 34.1 Å². The van der Waals surface area contributed by atoms with Gasteiger partial charge in [-0.3, -0.25) is 9.78 Å². The van der Waals surface area contributed by atoms with Gasteiger partial charge in [-0.1, -0.05) is 12.1 Å². The summed E-state index contributed by atoms with van der Waals surface area (Å²) in [6.45, 7) is 4.97. The van der Waals surface area contributed by atoms with Crippen molar-refractivity contribution in [3.63, 3.8) is 0 Å².